The Labute approximate surface area is 174 Å². The number of ether oxygens (including phenoxy) is 1. The zero-order chi connectivity index (χ0) is 20.0. The van der Waals surface area contributed by atoms with Crippen molar-refractivity contribution in [1.82, 2.24) is 25.7 Å². The average molecular weight is 401 g/mol. The van der Waals surface area contributed by atoms with Gasteiger partial charge in [-0.3, -0.25) is 10.3 Å². The third-order valence-corrected chi connectivity index (χ3v) is 7.60. The number of nitrogens with one attached hydrogen (secondary N) is 2. The van der Waals surface area contributed by atoms with E-state index in [1.54, 1.807) is 6.33 Å². The van der Waals surface area contributed by atoms with Crippen LogP contribution in [0.25, 0.3) is 0 Å². The Kier molecular flexibility index (Phi) is 5.26. The molecule has 7 heteroatoms. The molecular weight excluding hydrogens is 364 g/mol. The molecule has 0 spiro atoms. The van der Waals surface area contributed by atoms with Gasteiger partial charge < -0.3 is 9.64 Å². The second-order valence-corrected chi connectivity index (χ2v) is 9.76. The molecule has 4 unspecified atom stereocenters. The lowest BCUT2D eigenvalue weighted by molar-refractivity contribution is -0.0500. The molecule has 4 fully saturated rings. The molecule has 0 amide bonds. The maximum Gasteiger partial charge on any atom is 0.132 e. The second-order valence-electron chi connectivity index (χ2n) is 9.76. The minimum absolute atomic E-state index is 0.159. The fraction of sp³-hybridized carbons (Fsp3) is 0.818. The number of anilines is 1. The topological polar surface area (TPSA) is 65.5 Å². The van der Waals surface area contributed by atoms with Gasteiger partial charge in [0.25, 0.3) is 0 Å². The lowest BCUT2D eigenvalue weighted by Gasteiger charge is -2.40. The fourth-order valence-corrected chi connectivity index (χ4v) is 5.49. The van der Waals surface area contributed by atoms with Gasteiger partial charge in [-0.1, -0.05) is 6.92 Å². The number of fused-ring (bicyclic) bond motifs is 1. The summed E-state index contributed by atoms with van der Waals surface area (Å²) >= 11 is 0. The van der Waals surface area contributed by atoms with Crippen LogP contribution in [0.4, 0.5) is 5.82 Å². The Bertz CT molecular complexity index is 725. The Morgan fingerprint density at radius 2 is 2.07 bits per heavy atom. The molecule has 3 heterocycles. The van der Waals surface area contributed by atoms with Crippen molar-refractivity contribution in [3.8, 4) is 0 Å². The number of hydrogen-bond acceptors (Lipinski definition) is 7. The van der Waals surface area contributed by atoms with E-state index in [1.165, 1.54) is 19.3 Å². The number of piperazine rings is 1. The first-order chi connectivity index (χ1) is 14.0. The van der Waals surface area contributed by atoms with Crippen molar-refractivity contribution in [3.63, 3.8) is 0 Å². The highest BCUT2D eigenvalue weighted by Gasteiger charge is 2.46. The van der Waals surface area contributed by atoms with Gasteiger partial charge in [-0.25, -0.2) is 15.4 Å². The molecule has 1 aromatic heterocycles. The van der Waals surface area contributed by atoms with Crippen LogP contribution in [0, 0.1) is 5.92 Å². The third kappa shape index (κ3) is 4.02. The van der Waals surface area contributed by atoms with Crippen LogP contribution in [0.2, 0.25) is 0 Å². The summed E-state index contributed by atoms with van der Waals surface area (Å²) < 4.78 is 6.43. The van der Waals surface area contributed by atoms with Crippen LogP contribution in [0.5, 0.6) is 0 Å². The highest BCUT2D eigenvalue weighted by atomic mass is 16.5. The summed E-state index contributed by atoms with van der Waals surface area (Å²) in [5, 5.41) is 0. The van der Waals surface area contributed by atoms with Crippen LogP contribution < -0.4 is 15.8 Å². The molecule has 1 aromatic rings. The molecule has 2 saturated carbocycles. The molecule has 2 aliphatic carbocycles. The lowest BCUT2D eigenvalue weighted by Crippen LogP contribution is -2.52. The van der Waals surface area contributed by atoms with Crippen molar-refractivity contribution in [2.24, 2.45) is 5.92 Å². The summed E-state index contributed by atoms with van der Waals surface area (Å²) in [7, 11) is 0. The Morgan fingerprint density at radius 3 is 2.83 bits per heavy atom. The third-order valence-electron chi connectivity index (χ3n) is 7.60. The zero-order valence-electron chi connectivity index (χ0n) is 18.1. The number of aromatic nitrogens is 2. The van der Waals surface area contributed by atoms with Gasteiger partial charge >= 0.3 is 0 Å². The van der Waals surface area contributed by atoms with E-state index in [0.717, 1.165) is 50.5 Å². The van der Waals surface area contributed by atoms with Crippen molar-refractivity contribution in [1.29, 1.82) is 0 Å². The van der Waals surface area contributed by atoms with E-state index < -0.39 is 0 Å². The van der Waals surface area contributed by atoms with E-state index in [9.17, 15) is 0 Å². The van der Waals surface area contributed by atoms with Crippen LogP contribution in [-0.4, -0.2) is 64.8 Å². The van der Waals surface area contributed by atoms with Crippen molar-refractivity contribution in [2.45, 2.75) is 82.7 Å². The Hall–Kier alpha value is -1.28. The number of rotatable bonds is 5. The molecule has 2 aliphatic heterocycles. The molecule has 5 rings (SSSR count). The van der Waals surface area contributed by atoms with E-state index in [2.05, 4.69) is 57.5 Å². The molecule has 29 heavy (non-hydrogen) atoms. The largest absolute Gasteiger partial charge is 0.372 e. The first-order valence-corrected chi connectivity index (χ1v) is 11.5. The molecule has 2 N–H and O–H groups in total. The maximum absolute atomic E-state index is 6.43. The summed E-state index contributed by atoms with van der Waals surface area (Å²) in [6.07, 6.45) is 8.01. The molecule has 0 aromatic carbocycles. The summed E-state index contributed by atoms with van der Waals surface area (Å²) in [6.45, 7) is 11.1. The minimum atomic E-state index is 0.159. The van der Waals surface area contributed by atoms with E-state index in [-0.39, 0.29) is 11.6 Å². The molecule has 5 atom stereocenters. The standard InChI is InChI=1S/C22H36N6O/c1-4-27-9-10-28(13-15(27)2)20-12-19(23-14-24-20)21-17-11-16(29-22(3)7-8-22)5-6-18(17)25-26-21/h12,14-18,21,25-26H,4-11,13H2,1-3H3/t15-,16?,17?,18?,21?/m1/s1. The predicted octanol–water partition coefficient (Wildman–Crippen LogP) is 2.26. The molecule has 160 valence electrons. The van der Waals surface area contributed by atoms with Gasteiger partial charge in [-0.05, 0) is 52.5 Å². The highest BCUT2D eigenvalue weighted by molar-refractivity contribution is 5.41. The molecule has 0 bridgehead atoms. The summed E-state index contributed by atoms with van der Waals surface area (Å²) in [5.41, 5.74) is 8.35. The van der Waals surface area contributed by atoms with Crippen molar-refractivity contribution < 1.29 is 4.74 Å². The zero-order valence-corrected chi connectivity index (χ0v) is 18.1. The average Bonchev–Trinajstić information content (AvgIpc) is 3.30. The van der Waals surface area contributed by atoms with E-state index in [0.29, 0.717) is 24.1 Å². The second kappa shape index (κ2) is 7.76. The highest BCUT2D eigenvalue weighted by Crippen LogP contribution is 2.45. The van der Waals surface area contributed by atoms with Crippen LogP contribution >= 0.6 is 0 Å². The maximum atomic E-state index is 6.43. The smallest absolute Gasteiger partial charge is 0.132 e. The van der Waals surface area contributed by atoms with Crippen molar-refractivity contribution in [2.75, 3.05) is 31.1 Å². The quantitative estimate of drug-likeness (QED) is 0.786. The van der Waals surface area contributed by atoms with Gasteiger partial charge in [0.15, 0.2) is 0 Å². The lowest BCUT2D eigenvalue weighted by atomic mass is 9.79. The Balaban J connectivity index is 1.29. The van der Waals surface area contributed by atoms with E-state index in [4.69, 9.17) is 4.74 Å². The SMILES string of the molecule is CCN1CCN(c2cc(C3NNC4CCC(OC5(C)CC5)CC43)ncn2)C[C@H]1C. The van der Waals surface area contributed by atoms with Gasteiger partial charge in [-0.15, -0.1) is 0 Å². The molecular formula is C22H36N6O. The normalized spacial score (nSPS) is 36.8. The van der Waals surface area contributed by atoms with Crippen LogP contribution in [0.1, 0.15) is 64.6 Å². The van der Waals surface area contributed by atoms with Gasteiger partial charge in [0.2, 0.25) is 0 Å². The number of nitrogens with zero attached hydrogens (tertiary/aromatic N) is 4. The summed E-state index contributed by atoms with van der Waals surface area (Å²) in [6, 6.07) is 3.51. The van der Waals surface area contributed by atoms with Crippen LogP contribution in [-0.2, 0) is 4.74 Å². The number of hydrazine groups is 1. The van der Waals surface area contributed by atoms with Gasteiger partial charge in [-0.2, -0.15) is 0 Å². The summed E-state index contributed by atoms with van der Waals surface area (Å²) in [4.78, 5) is 14.3. The first-order valence-electron chi connectivity index (χ1n) is 11.5. The Morgan fingerprint density at radius 1 is 1.21 bits per heavy atom. The first kappa shape index (κ1) is 19.7. The summed E-state index contributed by atoms with van der Waals surface area (Å²) in [5.74, 6) is 1.59. The van der Waals surface area contributed by atoms with Gasteiger partial charge in [0, 0.05) is 43.7 Å². The van der Waals surface area contributed by atoms with E-state index >= 15 is 0 Å². The monoisotopic (exact) mass is 400 g/mol. The van der Waals surface area contributed by atoms with Crippen LogP contribution in [0.3, 0.4) is 0 Å². The van der Waals surface area contributed by atoms with Crippen molar-refractivity contribution >= 4 is 5.82 Å². The molecule has 0 radical (unpaired) electrons. The van der Waals surface area contributed by atoms with Crippen LogP contribution in [0.15, 0.2) is 12.4 Å². The molecule has 7 nitrogen and oxygen atoms in total. The fourth-order valence-electron chi connectivity index (χ4n) is 5.49. The van der Waals surface area contributed by atoms with Gasteiger partial charge in [0.05, 0.1) is 23.4 Å². The minimum Gasteiger partial charge on any atom is -0.372 e. The van der Waals surface area contributed by atoms with E-state index in [1.807, 2.05) is 0 Å². The van der Waals surface area contributed by atoms with Crippen molar-refractivity contribution in [3.05, 3.63) is 18.1 Å². The number of hydrogen-bond donors (Lipinski definition) is 2. The predicted molar refractivity (Wildman–Crippen MR) is 114 cm³/mol. The van der Waals surface area contributed by atoms with Gasteiger partial charge in [0.1, 0.15) is 12.1 Å². The number of likely N-dealkylation sites (N-methyl/N-ethyl adjacent to an activating group) is 1. The molecule has 2 saturated heterocycles. The molecule has 4 aliphatic rings.